The van der Waals surface area contributed by atoms with Gasteiger partial charge in [-0.15, -0.1) is 11.3 Å². The van der Waals surface area contributed by atoms with Crippen molar-refractivity contribution in [3.63, 3.8) is 0 Å². The summed E-state index contributed by atoms with van der Waals surface area (Å²) in [7, 11) is 2.51. The SMILES string of the molecule is COC(=O)c1c(NC(=O)/C(C#N)=C/c2ccc(Cl)cc2)sc2c1C(C(=O)OC)CC2. The van der Waals surface area contributed by atoms with Crippen molar-refractivity contribution in [3.05, 3.63) is 56.4 Å². The number of carbonyl (C=O) groups excluding carboxylic acids is 3. The van der Waals surface area contributed by atoms with Gasteiger partial charge in [-0.1, -0.05) is 23.7 Å². The zero-order valence-electron chi connectivity index (χ0n) is 16.2. The van der Waals surface area contributed by atoms with E-state index in [0.717, 1.165) is 4.88 Å². The van der Waals surface area contributed by atoms with E-state index in [1.807, 2.05) is 6.07 Å². The topological polar surface area (TPSA) is 105 Å². The van der Waals surface area contributed by atoms with Gasteiger partial charge in [0.15, 0.2) is 0 Å². The van der Waals surface area contributed by atoms with Crippen LogP contribution in [0.25, 0.3) is 6.08 Å². The summed E-state index contributed by atoms with van der Waals surface area (Å²) in [5.41, 5.74) is 1.13. The van der Waals surface area contributed by atoms with Gasteiger partial charge in [0.25, 0.3) is 5.91 Å². The van der Waals surface area contributed by atoms with Crippen LogP contribution in [0.5, 0.6) is 0 Å². The van der Waals surface area contributed by atoms with Gasteiger partial charge in [0, 0.05) is 9.90 Å². The second-order valence-corrected chi connectivity index (χ2v) is 7.97. The Morgan fingerprint density at radius 2 is 1.93 bits per heavy atom. The van der Waals surface area contributed by atoms with Crippen LogP contribution in [0, 0.1) is 11.3 Å². The van der Waals surface area contributed by atoms with Crippen molar-refractivity contribution in [1.82, 2.24) is 0 Å². The molecule has 0 aliphatic heterocycles. The van der Waals surface area contributed by atoms with Gasteiger partial charge in [-0.25, -0.2) is 4.79 Å². The molecule has 1 heterocycles. The first-order valence-electron chi connectivity index (χ1n) is 8.90. The third-order valence-electron chi connectivity index (χ3n) is 4.68. The molecule has 154 valence electrons. The number of nitriles is 1. The molecule has 1 aliphatic carbocycles. The molecule has 0 spiro atoms. The number of carbonyl (C=O) groups is 3. The van der Waals surface area contributed by atoms with Crippen molar-refractivity contribution in [2.24, 2.45) is 0 Å². The van der Waals surface area contributed by atoms with E-state index in [9.17, 15) is 19.6 Å². The molecule has 1 amide bonds. The number of nitrogens with one attached hydrogen (secondary N) is 1. The molecular weight excluding hydrogens is 428 g/mol. The summed E-state index contributed by atoms with van der Waals surface area (Å²) in [6.07, 6.45) is 2.51. The lowest BCUT2D eigenvalue weighted by Gasteiger charge is -2.11. The van der Waals surface area contributed by atoms with Crippen molar-refractivity contribution < 1.29 is 23.9 Å². The van der Waals surface area contributed by atoms with Crippen molar-refractivity contribution in [2.45, 2.75) is 18.8 Å². The second kappa shape index (κ2) is 9.11. The van der Waals surface area contributed by atoms with Crippen molar-refractivity contribution in [3.8, 4) is 6.07 Å². The highest BCUT2D eigenvalue weighted by Crippen LogP contribution is 2.46. The van der Waals surface area contributed by atoms with E-state index >= 15 is 0 Å². The third kappa shape index (κ3) is 4.22. The summed E-state index contributed by atoms with van der Waals surface area (Å²) >= 11 is 7.05. The number of ether oxygens (including phenoxy) is 2. The van der Waals surface area contributed by atoms with Gasteiger partial charge in [-0.2, -0.15) is 5.26 Å². The van der Waals surface area contributed by atoms with Crippen LogP contribution in [0.3, 0.4) is 0 Å². The van der Waals surface area contributed by atoms with E-state index in [-0.39, 0.29) is 16.1 Å². The number of esters is 2. The van der Waals surface area contributed by atoms with Crippen LogP contribution >= 0.6 is 22.9 Å². The first-order chi connectivity index (χ1) is 14.4. The van der Waals surface area contributed by atoms with Gasteiger partial charge in [-0.05, 0) is 42.2 Å². The van der Waals surface area contributed by atoms with E-state index < -0.39 is 23.8 Å². The number of amides is 1. The van der Waals surface area contributed by atoms with Crippen LogP contribution in [0.2, 0.25) is 5.02 Å². The summed E-state index contributed by atoms with van der Waals surface area (Å²) in [4.78, 5) is 38.1. The Kier molecular flexibility index (Phi) is 6.55. The number of halogens is 1. The number of methoxy groups -OCH3 is 2. The normalized spacial score (nSPS) is 15.1. The van der Waals surface area contributed by atoms with Crippen LogP contribution in [-0.4, -0.2) is 32.1 Å². The van der Waals surface area contributed by atoms with Crippen LogP contribution in [0.1, 0.15) is 38.7 Å². The van der Waals surface area contributed by atoms with Crippen molar-refractivity contribution in [1.29, 1.82) is 5.26 Å². The fourth-order valence-corrected chi connectivity index (χ4v) is 4.67. The monoisotopic (exact) mass is 444 g/mol. The van der Waals surface area contributed by atoms with E-state index in [2.05, 4.69) is 5.32 Å². The summed E-state index contributed by atoms with van der Waals surface area (Å²) in [6, 6.07) is 8.50. The molecule has 1 unspecified atom stereocenters. The maximum atomic E-state index is 12.7. The second-order valence-electron chi connectivity index (χ2n) is 6.42. The highest BCUT2D eigenvalue weighted by molar-refractivity contribution is 7.17. The average Bonchev–Trinajstić information content (AvgIpc) is 3.30. The van der Waals surface area contributed by atoms with Crippen LogP contribution in [-0.2, 0) is 25.5 Å². The Hall–Kier alpha value is -3.15. The molecule has 1 atom stereocenters. The molecule has 1 aromatic carbocycles. The van der Waals surface area contributed by atoms with Crippen molar-refractivity contribution >= 4 is 51.9 Å². The molecule has 9 heteroatoms. The Morgan fingerprint density at radius 3 is 2.53 bits per heavy atom. The van der Waals surface area contributed by atoms with Crippen molar-refractivity contribution in [2.75, 3.05) is 19.5 Å². The van der Waals surface area contributed by atoms with E-state index in [4.69, 9.17) is 21.1 Å². The highest BCUT2D eigenvalue weighted by atomic mass is 35.5. The highest BCUT2D eigenvalue weighted by Gasteiger charge is 2.38. The largest absolute Gasteiger partial charge is 0.469 e. The number of hydrogen-bond acceptors (Lipinski definition) is 7. The molecule has 0 bridgehead atoms. The smallest absolute Gasteiger partial charge is 0.341 e. The number of benzene rings is 1. The zero-order valence-corrected chi connectivity index (χ0v) is 17.7. The van der Waals surface area contributed by atoms with Gasteiger partial charge in [0.1, 0.15) is 16.6 Å². The van der Waals surface area contributed by atoms with E-state index in [0.29, 0.717) is 29.0 Å². The summed E-state index contributed by atoms with van der Waals surface area (Å²) in [5.74, 6) is -2.39. The van der Waals surface area contributed by atoms with Gasteiger partial charge in [-0.3, -0.25) is 9.59 Å². The molecule has 3 rings (SSSR count). The molecule has 1 N–H and O–H groups in total. The Balaban J connectivity index is 1.95. The number of nitrogens with zero attached hydrogens (tertiary/aromatic N) is 1. The molecule has 1 aromatic heterocycles. The Labute approximate surface area is 181 Å². The molecule has 0 radical (unpaired) electrons. The number of fused-ring (bicyclic) bond motifs is 1. The Morgan fingerprint density at radius 1 is 1.23 bits per heavy atom. The lowest BCUT2D eigenvalue weighted by atomic mass is 9.99. The van der Waals surface area contributed by atoms with Gasteiger partial charge in [0.05, 0.1) is 25.7 Å². The molecule has 0 saturated heterocycles. The fraction of sp³-hybridized carbons (Fsp3) is 0.238. The summed E-state index contributed by atoms with van der Waals surface area (Å²) in [6.45, 7) is 0. The third-order valence-corrected chi connectivity index (χ3v) is 6.11. The standard InChI is InChI=1S/C21H17ClN2O5S/c1-28-20(26)14-7-8-15-16(14)17(21(27)29-2)19(30-15)24-18(25)12(10-23)9-11-3-5-13(22)6-4-11/h3-6,9,14H,7-8H2,1-2H3,(H,24,25)/b12-9+. The predicted molar refractivity (Wildman–Crippen MR) is 112 cm³/mol. The fourth-order valence-electron chi connectivity index (χ4n) is 3.28. The van der Waals surface area contributed by atoms with Gasteiger partial charge < -0.3 is 14.8 Å². The number of hydrogen-bond donors (Lipinski definition) is 1. The molecule has 7 nitrogen and oxygen atoms in total. The molecule has 30 heavy (non-hydrogen) atoms. The lowest BCUT2D eigenvalue weighted by molar-refractivity contribution is -0.142. The first kappa shape index (κ1) is 21.6. The maximum absolute atomic E-state index is 12.7. The van der Waals surface area contributed by atoms with Crippen LogP contribution < -0.4 is 5.32 Å². The van der Waals surface area contributed by atoms with Crippen LogP contribution in [0.15, 0.2) is 29.8 Å². The van der Waals surface area contributed by atoms with Gasteiger partial charge >= 0.3 is 11.9 Å². The number of anilines is 1. The first-order valence-corrected chi connectivity index (χ1v) is 10.1. The number of thiophene rings is 1. The molecule has 1 aliphatic rings. The molecule has 0 fully saturated rings. The predicted octanol–water partition coefficient (Wildman–Crippen LogP) is 3.94. The number of rotatable bonds is 5. The molecule has 2 aromatic rings. The average molecular weight is 445 g/mol. The minimum atomic E-state index is -0.674. The summed E-state index contributed by atoms with van der Waals surface area (Å²) < 4.78 is 9.71. The minimum absolute atomic E-state index is 0.127. The zero-order chi connectivity index (χ0) is 21.8. The van der Waals surface area contributed by atoms with E-state index in [1.54, 1.807) is 24.3 Å². The maximum Gasteiger partial charge on any atom is 0.341 e. The number of aryl methyl sites for hydroxylation is 1. The molecular formula is C21H17ClN2O5S. The van der Waals surface area contributed by atoms with E-state index in [1.165, 1.54) is 31.6 Å². The minimum Gasteiger partial charge on any atom is -0.469 e. The van der Waals surface area contributed by atoms with Gasteiger partial charge in [0.2, 0.25) is 0 Å². The molecule has 0 saturated carbocycles. The Bertz CT molecular complexity index is 1080. The summed E-state index contributed by atoms with van der Waals surface area (Å²) in [5, 5.41) is 12.8. The quantitative estimate of drug-likeness (QED) is 0.425. The lowest BCUT2D eigenvalue weighted by Crippen LogP contribution is -2.18. The van der Waals surface area contributed by atoms with Crippen LogP contribution in [0.4, 0.5) is 5.00 Å².